The van der Waals surface area contributed by atoms with Gasteiger partial charge in [0.2, 0.25) is 0 Å². The number of carbonyl (C=O) groups excluding carboxylic acids is 1. The Balaban J connectivity index is 2.18. The molecule has 1 heterocycles. The Hall–Kier alpha value is -1.88. The molecule has 1 aromatic heterocycles. The summed E-state index contributed by atoms with van der Waals surface area (Å²) in [4.78, 5) is 15.9. The second kappa shape index (κ2) is 5.18. The third-order valence-corrected chi connectivity index (χ3v) is 2.93. The number of nitrogens with one attached hydrogen (secondary N) is 1. The summed E-state index contributed by atoms with van der Waals surface area (Å²) in [6.07, 6.45) is 3.15. The number of pyridine rings is 1. The molecule has 5 heteroatoms. The number of anilines is 2. The topological polar surface area (TPSA) is 68.0 Å². The summed E-state index contributed by atoms with van der Waals surface area (Å²) in [5.41, 5.74) is 8.57. The van der Waals surface area contributed by atoms with Gasteiger partial charge >= 0.3 is 0 Å². The van der Waals surface area contributed by atoms with E-state index < -0.39 is 0 Å². The van der Waals surface area contributed by atoms with Crippen LogP contribution < -0.4 is 11.1 Å². The fourth-order valence-electron chi connectivity index (χ4n) is 1.49. The van der Waals surface area contributed by atoms with E-state index in [9.17, 15) is 4.79 Å². The molecule has 0 aliphatic rings. The number of rotatable bonds is 2. The zero-order valence-corrected chi connectivity index (χ0v) is 11.4. The summed E-state index contributed by atoms with van der Waals surface area (Å²) in [5, 5.41) is 2.80. The van der Waals surface area contributed by atoms with Crippen LogP contribution in [0, 0.1) is 6.92 Å². The fraction of sp³-hybridized carbons (Fsp3) is 0.0769. The molecule has 0 aliphatic carbocycles. The Bertz CT molecular complexity index is 599. The molecule has 4 nitrogen and oxygen atoms in total. The summed E-state index contributed by atoms with van der Waals surface area (Å²) < 4.78 is 0.767. The Labute approximate surface area is 113 Å². The third kappa shape index (κ3) is 2.87. The van der Waals surface area contributed by atoms with Gasteiger partial charge in [0.05, 0.1) is 5.56 Å². The van der Waals surface area contributed by atoms with Crippen LogP contribution in [0.3, 0.4) is 0 Å². The molecule has 18 heavy (non-hydrogen) atoms. The van der Waals surface area contributed by atoms with Crippen LogP contribution in [-0.2, 0) is 0 Å². The predicted octanol–water partition coefficient (Wildman–Crippen LogP) is 2.99. The maximum absolute atomic E-state index is 12.0. The quantitative estimate of drug-likeness (QED) is 0.838. The average molecular weight is 306 g/mol. The molecule has 0 bridgehead atoms. The SMILES string of the molecule is Cc1cc(NC(=O)c2cncc(Br)c2)ccc1N. The van der Waals surface area contributed by atoms with E-state index in [4.69, 9.17) is 5.73 Å². The molecule has 0 unspecified atom stereocenters. The van der Waals surface area contributed by atoms with Gasteiger partial charge in [-0.3, -0.25) is 9.78 Å². The summed E-state index contributed by atoms with van der Waals surface area (Å²) in [6, 6.07) is 7.08. The highest BCUT2D eigenvalue weighted by molar-refractivity contribution is 9.10. The van der Waals surface area contributed by atoms with E-state index in [1.165, 1.54) is 6.20 Å². The minimum atomic E-state index is -0.201. The Morgan fingerprint density at radius 1 is 1.33 bits per heavy atom. The first-order valence-electron chi connectivity index (χ1n) is 5.34. The molecule has 0 saturated heterocycles. The second-order valence-corrected chi connectivity index (χ2v) is 4.83. The third-order valence-electron chi connectivity index (χ3n) is 2.49. The van der Waals surface area contributed by atoms with E-state index in [1.54, 1.807) is 24.4 Å². The summed E-state index contributed by atoms with van der Waals surface area (Å²) >= 11 is 3.28. The van der Waals surface area contributed by atoms with Crippen LogP contribution in [0.15, 0.2) is 41.1 Å². The number of nitrogens with two attached hydrogens (primary N) is 1. The molecule has 0 radical (unpaired) electrons. The number of nitrogen functional groups attached to an aromatic ring is 1. The Kier molecular flexibility index (Phi) is 3.62. The van der Waals surface area contributed by atoms with E-state index in [2.05, 4.69) is 26.2 Å². The molecule has 0 fully saturated rings. The van der Waals surface area contributed by atoms with Crippen molar-refractivity contribution >= 4 is 33.2 Å². The van der Waals surface area contributed by atoms with Crippen LogP contribution in [0.25, 0.3) is 0 Å². The molecule has 0 atom stereocenters. The minimum Gasteiger partial charge on any atom is -0.399 e. The summed E-state index contributed by atoms with van der Waals surface area (Å²) in [6.45, 7) is 1.89. The second-order valence-electron chi connectivity index (χ2n) is 3.92. The summed E-state index contributed by atoms with van der Waals surface area (Å²) in [5.74, 6) is -0.201. The molecule has 3 N–H and O–H groups in total. The first-order chi connectivity index (χ1) is 8.56. The maximum Gasteiger partial charge on any atom is 0.257 e. The molecule has 0 spiro atoms. The van der Waals surface area contributed by atoms with Crippen LogP contribution >= 0.6 is 15.9 Å². The molecule has 1 aromatic carbocycles. The lowest BCUT2D eigenvalue weighted by atomic mass is 10.2. The zero-order chi connectivity index (χ0) is 13.1. The molecule has 1 amide bonds. The van der Waals surface area contributed by atoms with E-state index in [0.29, 0.717) is 16.9 Å². The van der Waals surface area contributed by atoms with Gasteiger partial charge in [0.1, 0.15) is 0 Å². The number of benzene rings is 1. The average Bonchev–Trinajstić information content (AvgIpc) is 2.34. The summed E-state index contributed by atoms with van der Waals surface area (Å²) in [7, 11) is 0. The minimum absolute atomic E-state index is 0.201. The van der Waals surface area contributed by atoms with Crippen LogP contribution in [0.1, 0.15) is 15.9 Å². The number of amides is 1. The van der Waals surface area contributed by atoms with Gasteiger partial charge in [0, 0.05) is 28.2 Å². The van der Waals surface area contributed by atoms with Crippen LogP contribution in [0.5, 0.6) is 0 Å². The monoisotopic (exact) mass is 305 g/mol. The van der Waals surface area contributed by atoms with Crippen molar-refractivity contribution in [1.82, 2.24) is 4.98 Å². The van der Waals surface area contributed by atoms with Gasteiger partial charge in [-0.1, -0.05) is 0 Å². The molecule has 0 saturated carbocycles. The lowest BCUT2D eigenvalue weighted by Gasteiger charge is -2.07. The maximum atomic E-state index is 12.0. The van der Waals surface area contributed by atoms with Gasteiger partial charge in [-0.25, -0.2) is 0 Å². The van der Waals surface area contributed by atoms with Crippen molar-refractivity contribution < 1.29 is 4.79 Å². The molecule has 2 aromatic rings. The highest BCUT2D eigenvalue weighted by Gasteiger charge is 2.07. The van der Waals surface area contributed by atoms with Gasteiger partial charge in [-0.2, -0.15) is 0 Å². The first kappa shape index (κ1) is 12.6. The number of carbonyl (C=O) groups is 1. The number of aryl methyl sites for hydroxylation is 1. The molecular weight excluding hydrogens is 294 g/mol. The number of halogens is 1. The van der Waals surface area contributed by atoms with Gasteiger partial charge in [-0.15, -0.1) is 0 Å². The first-order valence-corrected chi connectivity index (χ1v) is 6.13. The van der Waals surface area contributed by atoms with Crippen molar-refractivity contribution in [1.29, 1.82) is 0 Å². The zero-order valence-electron chi connectivity index (χ0n) is 9.77. The molecule has 0 aliphatic heterocycles. The van der Waals surface area contributed by atoms with E-state index in [-0.39, 0.29) is 5.91 Å². The number of nitrogens with zero attached hydrogens (tertiary/aromatic N) is 1. The number of hydrogen-bond acceptors (Lipinski definition) is 3. The molecular formula is C13H12BrN3O. The normalized spacial score (nSPS) is 10.1. The lowest BCUT2D eigenvalue weighted by molar-refractivity contribution is 0.102. The van der Waals surface area contributed by atoms with Gasteiger partial charge in [0.25, 0.3) is 5.91 Å². The largest absolute Gasteiger partial charge is 0.399 e. The van der Waals surface area contributed by atoms with Gasteiger partial charge in [-0.05, 0) is 52.7 Å². The van der Waals surface area contributed by atoms with Crippen molar-refractivity contribution in [2.45, 2.75) is 6.92 Å². The van der Waals surface area contributed by atoms with Crippen molar-refractivity contribution in [3.05, 3.63) is 52.3 Å². The van der Waals surface area contributed by atoms with E-state index in [0.717, 1.165) is 10.0 Å². The van der Waals surface area contributed by atoms with Crippen molar-refractivity contribution in [2.75, 3.05) is 11.1 Å². The van der Waals surface area contributed by atoms with Crippen LogP contribution in [0.2, 0.25) is 0 Å². The lowest BCUT2D eigenvalue weighted by Crippen LogP contribution is -2.12. The highest BCUT2D eigenvalue weighted by atomic mass is 79.9. The number of aromatic nitrogens is 1. The van der Waals surface area contributed by atoms with Crippen molar-refractivity contribution in [2.24, 2.45) is 0 Å². The van der Waals surface area contributed by atoms with E-state index >= 15 is 0 Å². The highest BCUT2D eigenvalue weighted by Crippen LogP contribution is 2.18. The van der Waals surface area contributed by atoms with Gasteiger partial charge < -0.3 is 11.1 Å². The van der Waals surface area contributed by atoms with E-state index in [1.807, 2.05) is 13.0 Å². The standard InChI is InChI=1S/C13H12BrN3O/c1-8-4-11(2-3-12(8)15)17-13(18)9-5-10(14)7-16-6-9/h2-7H,15H2,1H3,(H,17,18). The predicted molar refractivity (Wildman–Crippen MR) is 75.5 cm³/mol. The Morgan fingerprint density at radius 3 is 2.78 bits per heavy atom. The van der Waals surface area contributed by atoms with Crippen molar-refractivity contribution in [3.63, 3.8) is 0 Å². The molecule has 2 rings (SSSR count). The van der Waals surface area contributed by atoms with Crippen LogP contribution in [0.4, 0.5) is 11.4 Å². The van der Waals surface area contributed by atoms with Crippen LogP contribution in [-0.4, -0.2) is 10.9 Å². The fourth-order valence-corrected chi connectivity index (χ4v) is 1.86. The number of hydrogen-bond donors (Lipinski definition) is 2. The van der Waals surface area contributed by atoms with Gasteiger partial charge in [0.15, 0.2) is 0 Å². The smallest absolute Gasteiger partial charge is 0.257 e. The molecule has 92 valence electrons. The Morgan fingerprint density at radius 2 is 2.11 bits per heavy atom. The van der Waals surface area contributed by atoms with Crippen molar-refractivity contribution in [3.8, 4) is 0 Å².